The first-order valence-corrected chi connectivity index (χ1v) is 7.06. The van der Waals surface area contributed by atoms with E-state index in [1.54, 1.807) is 6.07 Å². The number of benzene rings is 2. The van der Waals surface area contributed by atoms with Gasteiger partial charge in [-0.2, -0.15) is 0 Å². The van der Waals surface area contributed by atoms with Gasteiger partial charge < -0.3 is 5.32 Å². The van der Waals surface area contributed by atoms with E-state index in [9.17, 15) is 9.18 Å². The zero-order chi connectivity index (χ0) is 14.7. The number of amides is 1. The van der Waals surface area contributed by atoms with Crippen LogP contribution in [0.4, 0.5) is 10.1 Å². The molecule has 0 unspecified atom stereocenters. The minimum Gasteiger partial charge on any atom is -0.325 e. The number of halogens is 2. The molecule has 2 aromatic rings. The molecule has 0 aliphatic rings. The number of carbonyl (C=O) groups excluding carboxylic acids is 1. The van der Waals surface area contributed by atoms with Crippen LogP contribution in [0.2, 0.25) is 0 Å². The number of aryl methyl sites for hydroxylation is 2. The van der Waals surface area contributed by atoms with Crippen molar-refractivity contribution >= 4 is 27.5 Å². The summed E-state index contributed by atoms with van der Waals surface area (Å²) >= 11 is 3.23. The number of carbonyl (C=O) groups is 1. The summed E-state index contributed by atoms with van der Waals surface area (Å²) in [6.07, 6.45) is 0.303. The maximum atomic E-state index is 13.0. The van der Waals surface area contributed by atoms with E-state index < -0.39 is 0 Å². The fourth-order valence-corrected chi connectivity index (χ4v) is 2.40. The topological polar surface area (TPSA) is 29.1 Å². The van der Waals surface area contributed by atoms with E-state index in [1.807, 2.05) is 32.0 Å². The van der Waals surface area contributed by atoms with Crippen LogP contribution in [0.15, 0.2) is 40.9 Å². The molecule has 0 saturated carbocycles. The van der Waals surface area contributed by atoms with Gasteiger partial charge in [0.2, 0.25) is 5.91 Å². The molecule has 4 heteroatoms. The van der Waals surface area contributed by atoms with E-state index in [2.05, 4.69) is 21.2 Å². The molecule has 0 atom stereocenters. The van der Waals surface area contributed by atoms with Gasteiger partial charge in [0.15, 0.2) is 0 Å². The summed E-state index contributed by atoms with van der Waals surface area (Å²) in [7, 11) is 0. The largest absolute Gasteiger partial charge is 0.325 e. The summed E-state index contributed by atoms with van der Waals surface area (Å²) in [4.78, 5) is 12.1. The highest BCUT2D eigenvalue weighted by Crippen LogP contribution is 2.23. The summed E-state index contributed by atoms with van der Waals surface area (Å²) in [5.74, 6) is -0.463. The molecule has 0 aliphatic carbocycles. The molecule has 1 amide bonds. The third kappa shape index (κ3) is 3.67. The Hall–Kier alpha value is -1.68. The van der Waals surface area contributed by atoms with Crippen LogP contribution in [0, 0.1) is 19.7 Å². The van der Waals surface area contributed by atoms with Gasteiger partial charge in [0, 0.05) is 4.47 Å². The highest BCUT2D eigenvalue weighted by atomic mass is 79.9. The zero-order valence-corrected chi connectivity index (χ0v) is 12.9. The Labute approximate surface area is 126 Å². The molecule has 2 aromatic carbocycles. The predicted molar refractivity (Wildman–Crippen MR) is 82.3 cm³/mol. The summed E-state index contributed by atoms with van der Waals surface area (Å²) in [5, 5.41) is 2.78. The van der Waals surface area contributed by atoms with Crippen molar-refractivity contribution in [2.24, 2.45) is 0 Å². The molecule has 0 heterocycles. The number of anilines is 1. The summed E-state index contributed by atoms with van der Waals surface area (Å²) in [5.41, 5.74) is 3.78. The molecular weight excluding hydrogens is 321 g/mol. The van der Waals surface area contributed by atoms with Crippen LogP contribution in [0.5, 0.6) is 0 Å². The van der Waals surface area contributed by atoms with Gasteiger partial charge in [-0.25, -0.2) is 4.39 Å². The van der Waals surface area contributed by atoms with Gasteiger partial charge in [0.05, 0.1) is 12.1 Å². The van der Waals surface area contributed by atoms with Gasteiger partial charge in [0.1, 0.15) is 5.82 Å². The lowest BCUT2D eigenvalue weighted by Crippen LogP contribution is -2.15. The smallest absolute Gasteiger partial charge is 0.228 e. The van der Waals surface area contributed by atoms with Crippen molar-refractivity contribution < 1.29 is 9.18 Å². The molecule has 0 bridgehead atoms. The number of nitrogens with one attached hydrogen (secondary N) is 1. The fraction of sp³-hybridized carbons (Fsp3) is 0.188. The van der Waals surface area contributed by atoms with E-state index in [-0.39, 0.29) is 11.7 Å². The van der Waals surface area contributed by atoms with E-state index in [0.29, 0.717) is 16.6 Å². The molecule has 0 radical (unpaired) electrons. The van der Waals surface area contributed by atoms with Crippen molar-refractivity contribution in [1.82, 2.24) is 0 Å². The third-order valence-corrected chi connectivity index (χ3v) is 3.72. The highest BCUT2D eigenvalue weighted by Gasteiger charge is 2.09. The first-order chi connectivity index (χ1) is 9.45. The minimum atomic E-state index is -0.343. The summed E-state index contributed by atoms with van der Waals surface area (Å²) in [6, 6.07) is 10.2. The molecule has 0 spiro atoms. The molecule has 2 nitrogen and oxygen atoms in total. The van der Waals surface area contributed by atoms with Crippen molar-refractivity contribution in [1.29, 1.82) is 0 Å². The third-order valence-electron chi connectivity index (χ3n) is 3.06. The van der Waals surface area contributed by atoms with Crippen molar-refractivity contribution in [3.05, 3.63) is 63.4 Å². The van der Waals surface area contributed by atoms with Crippen molar-refractivity contribution in [3.8, 4) is 0 Å². The maximum Gasteiger partial charge on any atom is 0.228 e. The molecule has 20 heavy (non-hydrogen) atoms. The Morgan fingerprint density at radius 2 is 1.95 bits per heavy atom. The maximum absolute atomic E-state index is 13.0. The van der Waals surface area contributed by atoms with Crippen molar-refractivity contribution in [2.75, 3.05) is 5.32 Å². The Morgan fingerprint density at radius 3 is 2.65 bits per heavy atom. The SMILES string of the molecule is Cc1ccc(C)c(CC(=O)Nc2ccc(F)cc2Br)c1. The molecular formula is C16H15BrFNO. The van der Waals surface area contributed by atoms with E-state index in [1.165, 1.54) is 12.1 Å². The van der Waals surface area contributed by atoms with Gasteiger partial charge >= 0.3 is 0 Å². The van der Waals surface area contributed by atoms with Crippen LogP contribution in [0.1, 0.15) is 16.7 Å². The van der Waals surface area contributed by atoms with Crippen LogP contribution in [0.3, 0.4) is 0 Å². The molecule has 104 valence electrons. The molecule has 0 fully saturated rings. The van der Waals surface area contributed by atoms with Gasteiger partial charge in [-0.1, -0.05) is 23.8 Å². The Morgan fingerprint density at radius 1 is 1.20 bits per heavy atom. The van der Waals surface area contributed by atoms with Crippen molar-refractivity contribution in [3.63, 3.8) is 0 Å². The van der Waals surface area contributed by atoms with Gasteiger partial charge in [-0.15, -0.1) is 0 Å². The lowest BCUT2D eigenvalue weighted by atomic mass is 10.0. The first-order valence-electron chi connectivity index (χ1n) is 6.27. The quantitative estimate of drug-likeness (QED) is 0.885. The predicted octanol–water partition coefficient (Wildman–Crippen LogP) is 4.39. The van der Waals surface area contributed by atoms with Gasteiger partial charge in [-0.3, -0.25) is 4.79 Å². The molecule has 0 aliphatic heterocycles. The molecule has 2 rings (SSSR count). The van der Waals surface area contributed by atoms with Crippen LogP contribution < -0.4 is 5.32 Å². The Bertz CT molecular complexity index is 655. The first kappa shape index (κ1) is 14.7. The summed E-state index contributed by atoms with van der Waals surface area (Å²) in [6.45, 7) is 3.98. The second-order valence-corrected chi connectivity index (χ2v) is 5.63. The van der Waals surface area contributed by atoms with Crippen LogP contribution >= 0.6 is 15.9 Å². The number of hydrogen-bond donors (Lipinski definition) is 1. The molecule has 1 N–H and O–H groups in total. The fourth-order valence-electron chi connectivity index (χ4n) is 1.95. The highest BCUT2D eigenvalue weighted by molar-refractivity contribution is 9.10. The summed E-state index contributed by atoms with van der Waals surface area (Å²) < 4.78 is 13.5. The number of rotatable bonds is 3. The van der Waals surface area contributed by atoms with E-state index in [0.717, 1.165) is 16.7 Å². The van der Waals surface area contributed by atoms with E-state index in [4.69, 9.17) is 0 Å². The monoisotopic (exact) mass is 335 g/mol. The van der Waals surface area contributed by atoms with Crippen LogP contribution in [-0.2, 0) is 11.2 Å². The molecule has 0 saturated heterocycles. The second-order valence-electron chi connectivity index (χ2n) is 4.78. The second kappa shape index (κ2) is 6.18. The molecule has 0 aromatic heterocycles. The van der Waals surface area contributed by atoms with Crippen molar-refractivity contribution in [2.45, 2.75) is 20.3 Å². The standard InChI is InChI=1S/C16H15BrFNO/c1-10-3-4-11(2)12(7-10)8-16(20)19-15-6-5-13(18)9-14(15)17/h3-7,9H,8H2,1-2H3,(H,19,20). The van der Waals surface area contributed by atoms with Gasteiger partial charge in [-0.05, 0) is 59.1 Å². The van der Waals surface area contributed by atoms with E-state index >= 15 is 0 Å². The van der Waals surface area contributed by atoms with Crippen LogP contribution in [0.25, 0.3) is 0 Å². The lowest BCUT2D eigenvalue weighted by Gasteiger charge is -2.09. The Balaban J connectivity index is 2.11. The average Bonchev–Trinajstić information content (AvgIpc) is 2.37. The van der Waals surface area contributed by atoms with Gasteiger partial charge in [0.25, 0.3) is 0 Å². The Kier molecular flexibility index (Phi) is 4.55. The normalized spacial score (nSPS) is 10.4. The number of hydrogen-bond acceptors (Lipinski definition) is 1. The zero-order valence-electron chi connectivity index (χ0n) is 11.3. The minimum absolute atomic E-state index is 0.119. The lowest BCUT2D eigenvalue weighted by molar-refractivity contribution is -0.115. The average molecular weight is 336 g/mol. The van der Waals surface area contributed by atoms with Crippen LogP contribution in [-0.4, -0.2) is 5.91 Å².